The zero-order valence-electron chi connectivity index (χ0n) is 9.35. The van der Waals surface area contributed by atoms with Gasteiger partial charge in [0.1, 0.15) is 6.04 Å². The van der Waals surface area contributed by atoms with E-state index in [1.54, 1.807) is 0 Å². The number of hydrogen-bond acceptors (Lipinski definition) is 3. The maximum atomic E-state index is 13.0. The van der Waals surface area contributed by atoms with Crippen molar-refractivity contribution in [2.75, 3.05) is 23.9 Å². The second-order valence-electron chi connectivity index (χ2n) is 3.76. The Kier molecular flexibility index (Phi) is 5.05. The van der Waals surface area contributed by atoms with Crippen molar-refractivity contribution in [2.24, 2.45) is 0 Å². The highest BCUT2D eigenvalue weighted by molar-refractivity contribution is 7.99. The highest BCUT2D eigenvalue weighted by Crippen LogP contribution is 2.38. The molecular weight excluding hydrogens is 317 g/mol. The van der Waals surface area contributed by atoms with E-state index in [0.717, 1.165) is 0 Å². The van der Waals surface area contributed by atoms with E-state index >= 15 is 0 Å². The fraction of sp³-hybridized carbons (Fsp3) is 0.778. The van der Waals surface area contributed by atoms with Gasteiger partial charge in [-0.3, -0.25) is 9.59 Å². The Morgan fingerprint density at radius 2 is 1.84 bits per heavy atom. The second kappa shape index (κ2) is 5.82. The molecule has 1 aliphatic heterocycles. The van der Waals surface area contributed by atoms with Gasteiger partial charge in [0.15, 0.2) is 5.78 Å². The molecule has 1 rings (SSSR count). The molecule has 0 saturated carbocycles. The molecule has 0 aliphatic carbocycles. The van der Waals surface area contributed by atoms with Crippen molar-refractivity contribution >= 4 is 35.1 Å². The van der Waals surface area contributed by atoms with Gasteiger partial charge >= 0.3 is 18.0 Å². The largest absolute Gasteiger partial charge is 0.463 e. The van der Waals surface area contributed by atoms with Gasteiger partial charge in [-0.15, -0.1) is 11.6 Å². The zero-order chi connectivity index (χ0) is 14.8. The minimum atomic E-state index is -5.98. The van der Waals surface area contributed by atoms with E-state index in [-0.39, 0.29) is 23.0 Å². The maximum absolute atomic E-state index is 13.0. The summed E-state index contributed by atoms with van der Waals surface area (Å²) in [5.41, 5.74) is 0. The van der Waals surface area contributed by atoms with E-state index < -0.39 is 35.7 Å². The summed E-state index contributed by atoms with van der Waals surface area (Å²) in [6, 6.07) is -1.34. The molecule has 1 unspecified atom stereocenters. The van der Waals surface area contributed by atoms with Gasteiger partial charge in [0.25, 0.3) is 0 Å². The predicted octanol–water partition coefficient (Wildman–Crippen LogP) is 1.94. The lowest BCUT2D eigenvalue weighted by molar-refractivity contribution is -0.275. The molecule has 1 saturated heterocycles. The number of rotatable bonds is 3. The van der Waals surface area contributed by atoms with E-state index in [1.807, 2.05) is 0 Å². The minimum absolute atomic E-state index is 0.0365. The second-order valence-corrected chi connectivity index (χ2v) is 5.18. The van der Waals surface area contributed by atoms with E-state index in [1.165, 1.54) is 11.8 Å². The molecule has 1 fully saturated rings. The standard InChI is InChI=1S/C9H9ClF5NO2S/c10-3-6(17)5-4-19-2-1-16(5)7(18)8(11,12)9(13,14)15/h5H,1-4H2. The summed E-state index contributed by atoms with van der Waals surface area (Å²) in [6.07, 6.45) is -5.98. The number of amides is 1. The van der Waals surface area contributed by atoms with Gasteiger partial charge < -0.3 is 4.90 Å². The first-order valence-electron chi connectivity index (χ1n) is 5.05. The van der Waals surface area contributed by atoms with Crippen molar-refractivity contribution in [1.82, 2.24) is 4.90 Å². The average Bonchev–Trinajstić information content (AvgIpc) is 2.35. The van der Waals surface area contributed by atoms with Crippen LogP contribution >= 0.6 is 23.4 Å². The van der Waals surface area contributed by atoms with Gasteiger partial charge in [-0.05, 0) is 0 Å². The number of Topliss-reactive ketones (excluding diaryl/α,β-unsaturated/α-hetero) is 1. The Hall–Kier alpha value is -0.570. The van der Waals surface area contributed by atoms with Gasteiger partial charge in [0.05, 0.1) is 5.88 Å². The highest BCUT2D eigenvalue weighted by Gasteiger charge is 2.65. The molecule has 1 heterocycles. The molecule has 0 spiro atoms. The van der Waals surface area contributed by atoms with Crippen LogP contribution < -0.4 is 0 Å². The van der Waals surface area contributed by atoms with E-state index in [0.29, 0.717) is 0 Å². The van der Waals surface area contributed by atoms with Crippen molar-refractivity contribution in [3.63, 3.8) is 0 Å². The zero-order valence-corrected chi connectivity index (χ0v) is 10.9. The van der Waals surface area contributed by atoms with Crippen LogP contribution in [0.15, 0.2) is 0 Å². The SMILES string of the molecule is O=C(CCl)C1CSCCN1C(=O)C(F)(F)C(F)(F)F. The van der Waals surface area contributed by atoms with E-state index in [2.05, 4.69) is 0 Å². The molecule has 0 bridgehead atoms. The number of carbonyl (C=O) groups is 2. The number of alkyl halides is 6. The van der Waals surface area contributed by atoms with Gasteiger partial charge in [0, 0.05) is 18.1 Å². The van der Waals surface area contributed by atoms with Crippen molar-refractivity contribution in [1.29, 1.82) is 0 Å². The molecule has 10 heteroatoms. The van der Waals surface area contributed by atoms with Crippen LogP contribution in [0.2, 0.25) is 0 Å². The summed E-state index contributed by atoms with van der Waals surface area (Å²) >= 11 is 6.44. The molecule has 19 heavy (non-hydrogen) atoms. The molecule has 1 amide bonds. The Bertz CT molecular complexity index is 376. The van der Waals surface area contributed by atoms with Crippen LogP contribution in [0.3, 0.4) is 0 Å². The lowest BCUT2D eigenvalue weighted by atomic mass is 10.1. The third kappa shape index (κ3) is 3.31. The number of carbonyl (C=O) groups excluding carboxylic acids is 2. The van der Waals surface area contributed by atoms with Crippen LogP contribution in [-0.2, 0) is 9.59 Å². The lowest BCUT2D eigenvalue weighted by Crippen LogP contribution is -2.59. The first kappa shape index (κ1) is 16.5. The molecule has 1 aliphatic rings. The third-order valence-electron chi connectivity index (χ3n) is 2.52. The highest BCUT2D eigenvalue weighted by atomic mass is 35.5. The number of hydrogen-bond donors (Lipinski definition) is 0. The van der Waals surface area contributed by atoms with Crippen molar-refractivity contribution in [3.8, 4) is 0 Å². The molecule has 0 aromatic carbocycles. The molecular formula is C9H9ClF5NO2S. The lowest BCUT2D eigenvalue weighted by Gasteiger charge is -2.36. The molecule has 0 aromatic heterocycles. The number of halogens is 6. The van der Waals surface area contributed by atoms with Gasteiger partial charge in [-0.2, -0.15) is 33.7 Å². The molecule has 0 radical (unpaired) electrons. The van der Waals surface area contributed by atoms with E-state index in [4.69, 9.17) is 11.6 Å². The molecule has 3 nitrogen and oxygen atoms in total. The normalized spacial score (nSPS) is 21.4. The molecule has 0 aromatic rings. The summed E-state index contributed by atoms with van der Waals surface area (Å²) in [6.45, 7) is -0.345. The Morgan fingerprint density at radius 1 is 1.26 bits per heavy atom. The van der Waals surface area contributed by atoms with E-state index in [9.17, 15) is 31.5 Å². The predicted molar refractivity (Wildman–Crippen MR) is 59.6 cm³/mol. The fourth-order valence-electron chi connectivity index (χ4n) is 1.50. The monoisotopic (exact) mass is 325 g/mol. The quantitative estimate of drug-likeness (QED) is 0.588. The van der Waals surface area contributed by atoms with Crippen LogP contribution in [0.25, 0.3) is 0 Å². The third-order valence-corrected chi connectivity index (χ3v) is 3.80. The summed E-state index contributed by atoms with van der Waals surface area (Å²) < 4.78 is 62.4. The summed E-state index contributed by atoms with van der Waals surface area (Å²) in [5.74, 6) is -9.05. The van der Waals surface area contributed by atoms with Crippen LogP contribution in [0.1, 0.15) is 0 Å². The van der Waals surface area contributed by atoms with Crippen molar-refractivity contribution in [2.45, 2.75) is 18.1 Å². The Labute approximate surface area is 114 Å². The first-order chi connectivity index (χ1) is 8.63. The number of thioether (sulfide) groups is 1. The minimum Gasteiger partial charge on any atom is -0.325 e. The van der Waals surface area contributed by atoms with Crippen LogP contribution in [0.5, 0.6) is 0 Å². The van der Waals surface area contributed by atoms with Gasteiger partial charge in [0.2, 0.25) is 0 Å². The van der Waals surface area contributed by atoms with Crippen LogP contribution in [0.4, 0.5) is 22.0 Å². The number of nitrogens with zero attached hydrogens (tertiary/aromatic N) is 1. The Balaban J connectivity index is 2.98. The first-order valence-corrected chi connectivity index (χ1v) is 6.74. The molecule has 110 valence electrons. The van der Waals surface area contributed by atoms with Gasteiger partial charge in [-0.1, -0.05) is 0 Å². The smallest absolute Gasteiger partial charge is 0.325 e. The average molecular weight is 326 g/mol. The van der Waals surface area contributed by atoms with Gasteiger partial charge in [-0.25, -0.2) is 0 Å². The topological polar surface area (TPSA) is 37.4 Å². The van der Waals surface area contributed by atoms with Crippen LogP contribution in [-0.4, -0.2) is 58.7 Å². The number of ketones is 1. The maximum Gasteiger partial charge on any atom is 0.463 e. The summed E-state index contributed by atoms with van der Waals surface area (Å²) in [5, 5.41) is 0. The molecule has 1 atom stereocenters. The van der Waals surface area contributed by atoms with Crippen molar-refractivity contribution in [3.05, 3.63) is 0 Å². The summed E-state index contributed by atoms with van der Waals surface area (Å²) in [7, 11) is 0. The Morgan fingerprint density at radius 3 is 2.32 bits per heavy atom. The fourth-order valence-corrected chi connectivity index (χ4v) is 2.76. The van der Waals surface area contributed by atoms with Crippen LogP contribution in [0, 0.1) is 0 Å². The summed E-state index contributed by atoms with van der Waals surface area (Å²) in [4.78, 5) is 23.0. The van der Waals surface area contributed by atoms with Crippen molar-refractivity contribution < 1.29 is 31.5 Å². The molecule has 0 N–H and O–H groups in total.